The van der Waals surface area contributed by atoms with Crippen molar-refractivity contribution in [2.45, 2.75) is 16.1 Å². The third-order valence-corrected chi connectivity index (χ3v) is 12.3. The van der Waals surface area contributed by atoms with Gasteiger partial charge in [-0.1, -0.05) is 61.7 Å². The summed E-state index contributed by atoms with van der Waals surface area (Å²) in [5.41, 5.74) is 0.272. The van der Waals surface area contributed by atoms with Crippen LogP contribution in [-0.2, 0) is 9.59 Å². The first-order valence-corrected chi connectivity index (χ1v) is 15.9. The van der Waals surface area contributed by atoms with Crippen LogP contribution in [0.5, 0.6) is 5.75 Å². The zero-order valence-electron chi connectivity index (χ0n) is 21.1. The maximum Gasteiger partial charge on any atom is 0.353 e. The highest BCUT2D eigenvalue weighted by Crippen LogP contribution is 2.60. The summed E-state index contributed by atoms with van der Waals surface area (Å²) in [6, 6.07) is 15.5. The highest BCUT2D eigenvalue weighted by atomic mass is 79.9. The lowest BCUT2D eigenvalue weighted by Gasteiger charge is -2.31. The summed E-state index contributed by atoms with van der Waals surface area (Å²) >= 11 is 14.9. The van der Waals surface area contributed by atoms with E-state index in [1.165, 1.54) is 47.7 Å². The van der Waals surface area contributed by atoms with Crippen LogP contribution < -0.4 is 4.74 Å². The second-order valence-electron chi connectivity index (χ2n) is 10.1. The zero-order valence-corrected chi connectivity index (χ0v) is 25.9. The van der Waals surface area contributed by atoms with Gasteiger partial charge in [-0.25, -0.2) is 9.80 Å². The monoisotopic (exact) mass is 718 g/mol. The van der Waals surface area contributed by atoms with E-state index in [1.807, 2.05) is 0 Å². The Kier molecular flexibility index (Phi) is 7.65. The Morgan fingerprint density at radius 1 is 0.927 bits per heavy atom. The molecular weight excluding hydrogens is 700 g/mol. The lowest BCUT2D eigenvalue weighted by Crippen LogP contribution is -2.52. The lowest BCUT2D eigenvalue weighted by atomic mass is 9.81. The first-order chi connectivity index (χ1) is 19.7. The van der Waals surface area contributed by atoms with Crippen LogP contribution in [0.2, 0.25) is 5.02 Å². The summed E-state index contributed by atoms with van der Waals surface area (Å²) in [4.78, 5) is 67.5. The molecule has 0 N–H and O–H groups in total. The van der Waals surface area contributed by atoms with E-state index in [-0.39, 0.29) is 43.4 Å². The Hall–Kier alpha value is -2.86. The van der Waals surface area contributed by atoms with Crippen molar-refractivity contribution in [2.75, 3.05) is 6.54 Å². The first-order valence-electron chi connectivity index (χ1n) is 12.8. The molecule has 2 bridgehead atoms. The van der Waals surface area contributed by atoms with Crippen LogP contribution in [0, 0.1) is 23.7 Å². The van der Waals surface area contributed by atoms with Crippen LogP contribution in [-0.4, -0.2) is 55.7 Å². The van der Waals surface area contributed by atoms with Gasteiger partial charge in [0.25, 0.3) is 17.7 Å². The maximum atomic E-state index is 13.8. The van der Waals surface area contributed by atoms with Gasteiger partial charge in [0.1, 0.15) is 17.2 Å². The van der Waals surface area contributed by atoms with E-state index in [0.717, 1.165) is 16.4 Å². The van der Waals surface area contributed by atoms with Crippen LogP contribution in [0.15, 0.2) is 66.0 Å². The van der Waals surface area contributed by atoms with Gasteiger partial charge in [-0.3, -0.25) is 19.2 Å². The van der Waals surface area contributed by atoms with Crippen LogP contribution in [0.4, 0.5) is 0 Å². The third-order valence-electron chi connectivity index (χ3n) is 7.95. The molecule has 3 amide bonds. The normalized spacial score (nSPS) is 26.3. The average molecular weight is 721 g/mol. The Bertz CT molecular complexity index is 1530. The van der Waals surface area contributed by atoms with Crippen LogP contribution in [0.1, 0.15) is 36.8 Å². The molecular formula is C29H21Br2ClN2O6S. The second-order valence-corrected chi connectivity index (χ2v) is 13.6. The molecule has 3 aromatic rings. The summed E-state index contributed by atoms with van der Waals surface area (Å²) in [6.07, 6.45) is 0.729. The van der Waals surface area contributed by atoms with Gasteiger partial charge in [0.2, 0.25) is 0 Å². The van der Waals surface area contributed by atoms with Crippen LogP contribution in [0.3, 0.4) is 0 Å². The number of hydrogen-bond acceptors (Lipinski definition) is 7. The minimum Gasteiger partial charge on any atom is -0.422 e. The smallest absolute Gasteiger partial charge is 0.353 e. The predicted molar refractivity (Wildman–Crippen MR) is 158 cm³/mol. The zero-order chi connectivity index (χ0) is 29.0. The Morgan fingerprint density at radius 3 is 2.15 bits per heavy atom. The number of alkyl halides is 2. The number of nitrogens with zero attached hydrogens (tertiary/aromatic N) is 2. The fraction of sp³-hybridized carbons (Fsp3) is 0.276. The van der Waals surface area contributed by atoms with E-state index < -0.39 is 47.9 Å². The highest BCUT2D eigenvalue weighted by molar-refractivity contribution is 9.12. The SMILES string of the molecule is O=C(CN(C(=O)c1ccccc1Cl)N1C(=O)[C@@H]2[C@H]3C[C@@H]([C@H](Br)[C@H]3Br)[C@H]2C1=O)c1ccc(OC(=O)c2cccs2)cc1. The molecule has 41 heavy (non-hydrogen) atoms. The van der Waals surface area contributed by atoms with Gasteiger partial charge in [0, 0.05) is 15.2 Å². The number of Topliss-reactive ketones (excluding diaryl/α,β-unsaturated/α-hetero) is 1. The van der Waals surface area contributed by atoms with Crippen molar-refractivity contribution in [2.24, 2.45) is 23.7 Å². The largest absolute Gasteiger partial charge is 0.422 e. The van der Waals surface area contributed by atoms with E-state index in [9.17, 15) is 24.0 Å². The van der Waals surface area contributed by atoms with Gasteiger partial charge < -0.3 is 4.74 Å². The summed E-state index contributed by atoms with van der Waals surface area (Å²) in [5, 5.41) is 3.67. The van der Waals surface area contributed by atoms with Gasteiger partial charge >= 0.3 is 5.97 Å². The van der Waals surface area contributed by atoms with Crippen molar-refractivity contribution in [3.05, 3.63) is 87.1 Å². The van der Waals surface area contributed by atoms with Gasteiger partial charge in [-0.2, -0.15) is 5.01 Å². The number of ketones is 1. The molecule has 6 atom stereocenters. The number of halogens is 3. The average Bonchev–Trinajstić information content (AvgIpc) is 3.74. The Balaban J connectivity index is 1.27. The van der Waals surface area contributed by atoms with E-state index in [1.54, 1.807) is 29.6 Å². The summed E-state index contributed by atoms with van der Waals surface area (Å²) in [6.45, 7) is -0.569. The lowest BCUT2D eigenvalue weighted by molar-refractivity contribution is -0.154. The minimum absolute atomic E-state index is 0.0206. The van der Waals surface area contributed by atoms with Gasteiger partial charge in [0.15, 0.2) is 5.78 Å². The molecule has 6 rings (SSSR count). The van der Waals surface area contributed by atoms with Gasteiger partial charge in [-0.15, -0.1) is 11.3 Å². The molecule has 1 aliphatic heterocycles. The van der Waals surface area contributed by atoms with E-state index >= 15 is 0 Å². The number of benzene rings is 2. The number of amides is 3. The number of hydrogen-bond donors (Lipinski definition) is 0. The number of esters is 1. The van der Waals surface area contributed by atoms with Gasteiger partial charge in [0.05, 0.1) is 22.4 Å². The molecule has 0 radical (unpaired) electrons. The molecule has 0 unspecified atom stereocenters. The molecule has 8 nitrogen and oxygen atoms in total. The number of fused-ring (bicyclic) bond motifs is 5. The molecule has 1 saturated heterocycles. The molecule has 3 fully saturated rings. The topological polar surface area (TPSA) is 101 Å². The molecule has 210 valence electrons. The number of imide groups is 1. The quantitative estimate of drug-likeness (QED) is 0.103. The van der Waals surface area contributed by atoms with Crippen LogP contribution >= 0.6 is 54.8 Å². The Morgan fingerprint density at radius 2 is 1.56 bits per heavy atom. The molecule has 0 spiro atoms. The van der Waals surface area contributed by atoms with Crippen molar-refractivity contribution in [3.63, 3.8) is 0 Å². The summed E-state index contributed by atoms with van der Waals surface area (Å²) in [7, 11) is 0. The van der Waals surface area contributed by atoms with Crippen LogP contribution in [0.25, 0.3) is 0 Å². The number of rotatable bonds is 7. The number of ether oxygens (including phenoxy) is 1. The van der Waals surface area contributed by atoms with Gasteiger partial charge in [-0.05, 0) is 66.1 Å². The standard InChI is InChI=1S/C29H21Br2ClN2O6S/c30-24-17-12-18(25(24)31)23-22(17)27(37)34(28(23)38)33(26(36)16-4-1-2-5-19(16)32)13-20(35)14-7-9-15(10-8-14)40-29(39)21-6-3-11-41-21/h1-11,17-18,22-25H,12-13H2/t17-,18-,22-,23-,24+,25+/m1/s1. The number of thiophene rings is 1. The van der Waals surface area contributed by atoms with Crippen molar-refractivity contribution in [1.29, 1.82) is 0 Å². The number of carbonyl (C=O) groups is 5. The fourth-order valence-electron chi connectivity index (χ4n) is 6.07. The minimum atomic E-state index is -0.731. The molecule has 12 heteroatoms. The predicted octanol–water partition coefficient (Wildman–Crippen LogP) is 5.64. The third kappa shape index (κ3) is 4.86. The maximum absolute atomic E-state index is 13.8. The molecule has 1 aromatic heterocycles. The molecule has 2 aromatic carbocycles. The molecule has 2 aliphatic carbocycles. The molecule has 2 saturated carbocycles. The molecule has 3 aliphatic rings. The second kappa shape index (κ2) is 11.1. The number of hydrazine groups is 1. The van der Waals surface area contributed by atoms with E-state index in [2.05, 4.69) is 31.9 Å². The van der Waals surface area contributed by atoms with Crippen molar-refractivity contribution < 1.29 is 28.7 Å². The van der Waals surface area contributed by atoms with E-state index in [4.69, 9.17) is 16.3 Å². The Labute approximate surface area is 260 Å². The summed E-state index contributed by atoms with van der Waals surface area (Å²) in [5.74, 6) is -3.76. The highest BCUT2D eigenvalue weighted by Gasteiger charge is 2.67. The molecule has 2 heterocycles. The first kappa shape index (κ1) is 28.3. The summed E-state index contributed by atoms with van der Waals surface area (Å²) < 4.78 is 5.35. The van der Waals surface area contributed by atoms with Crippen molar-refractivity contribution >= 4 is 84.3 Å². The fourth-order valence-corrected chi connectivity index (χ4v) is 8.76. The van der Waals surface area contributed by atoms with E-state index in [0.29, 0.717) is 4.88 Å². The van der Waals surface area contributed by atoms with Crippen molar-refractivity contribution in [1.82, 2.24) is 10.0 Å². The number of carbonyl (C=O) groups excluding carboxylic acids is 5. The van der Waals surface area contributed by atoms with Crippen molar-refractivity contribution in [3.8, 4) is 5.75 Å².